The molecule has 0 atom stereocenters. The van der Waals surface area contributed by atoms with Crippen molar-refractivity contribution in [2.75, 3.05) is 0 Å². The van der Waals surface area contributed by atoms with Crippen LogP contribution < -0.4 is 0 Å². The second kappa shape index (κ2) is 19.9. The standard InChI is InChI=1S/C67H70N3O.Pt/c1-41(2)48-37-57(42(3)4)63(71)58(38-48)64-69-62-56(21-18-22-61(62)70(64)60-28-25-46(31-43(60)5)50-35-54(66(9,10)11)40-55(36-50)67(12,13)14)51-32-49(44-19-16-15-17-20-44)33-52(34-51)59-39-47(29-30-68-59)45-23-26-53(27-24-45)65(6,7)8;/h15-33,35-42,71H,1-14H3;/q-1;/i5D3,6D3,7D3,8D3,23D,24D,26D,27D,29D,30D,39D;. The molecule has 0 saturated carbocycles. The van der Waals surface area contributed by atoms with Crippen molar-refractivity contribution in [2.24, 2.45) is 0 Å². The Bertz CT molecular complexity index is 4220. The number of fused-ring (bicyclic) bond motifs is 1. The number of phenolic OH excluding ortho intramolecular Hbond substituents is 1. The first-order chi connectivity index (χ1) is 41.4. The molecule has 4 nitrogen and oxygen atoms in total. The van der Waals surface area contributed by atoms with Crippen LogP contribution in [0.15, 0.2) is 152 Å². The van der Waals surface area contributed by atoms with Gasteiger partial charge < -0.3 is 5.11 Å². The molecule has 2 aromatic heterocycles. The van der Waals surface area contributed by atoms with Crippen LogP contribution in [0.5, 0.6) is 5.75 Å². The van der Waals surface area contributed by atoms with Crippen molar-refractivity contribution >= 4 is 11.0 Å². The number of aryl methyl sites for hydroxylation is 1. The fourth-order valence-corrected chi connectivity index (χ4v) is 8.77. The molecule has 0 radical (unpaired) electrons. The SMILES string of the molecule is [2H]c1nc(-c2[c-]c(-c3cccc4c3nc(-c3cc(C(C)C)cc(C(C)C)c3O)n4-c3ccc(-c4cc(C(C)(C)C)cc(C(C)(C)C)c4)cc3C([2H])([2H])[2H])cc(-c3ccccc3)c2)c([2H])c(-c2c([2H])c([2H])c(C(C([2H])([2H])[2H])(C([2H])([2H])[2H])C([2H])([2H])[2H])c([2H])c2[2H])c1[2H].[Pt]. The van der Waals surface area contributed by atoms with Gasteiger partial charge in [-0.2, -0.15) is 0 Å². The third-order valence-electron chi connectivity index (χ3n) is 13.0. The Labute approximate surface area is 470 Å². The van der Waals surface area contributed by atoms with Crippen LogP contribution >= 0.6 is 0 Å². The summed E-state index contributed by atoms with van der Waals surface area (Å²) >= 11 is 0. The topological polar surface area (TPSA) is 50.9 Å². The zero-order chi connectivity index (χ0) is 66.8. The maximum atomic E-state index is 12.5. The summed E-state index contributed by atoms with van der Waals surface area (Å²) in [5.41, 5.74) is 0.778. The number of imidazole rings is 1. The Morgan fingerprint density at radius 2 is 1.28 bits per heavy atom. The fraction of sp³-hybridized carbons (Fsp3) is 0.284. The van der Waals surface area contributed by atoms with Crippen LogP contribution in [0.2, 0.25) is 0 Å². The first-order valence-corrected chi connectivity index (χ1v) is 23.9. The van der Waals surface area contributed by atoms with Gasteiger partial charge in [0.25, 0.3) is 0 Å². The summed E-state index contributed by atoms with van der Waals surface area (Å²) < 4.78 is 169. The predicted molar refractivity (Wildman–Crippen MR) is 301 cm³/mol. The molecule has 0 aliphatic rings. The number of para-hydroxylation sites is 1. The van der Waals surface area contributed by atoms with Crippen molar-refractivity contribution in [1.82, 2.24) is 14.5 Å². The number of aromatic hydroxyl groups is 1. The minimum absolute atomic E-state index is 0. The zero-order valence-corrected chi connectivity index (χ0v) is 44.4. The number of pyridine rings is 1. The molecule has 370 valence electrons. The van der Waals surface area contributed by atoms with E-state index in [0.717, 1.165) is 22.3 Å². The molecule has 0 spiro atoms. The molecule has 0 fully saturated rings. The average Bonchev–Trinajstić information content (AvgIpc) is 1.09. The molecule has 5 heteroatoms. The molecule has 1 N–H and O–H groups in total. The van der Waals surface area contributed by atoms with Crippen LogP contribution in [0.3, 0.4) is 0 Å². The quantitative estimate of drug-likeness (QED) is 0.147. The van der Waals surface area contributed by atoms with Gasteiger partial charge in [0.2, 0.25) is 0 Å². The summed E-state index contributed by atoms with van der Waals surface area (Å²) in [6.45, 7) is 6.21. The molecule has 7 aromatic carbocycles. The van der Waals surface area contributed by atoms with Crippen LogP contribution in [-0.2, 0) is 37.3 Å². The Balaban J connectivity index is 0.0000107. The fourth-order valence-electron chi connectivity index (χ4n) is 8.77. The molecule has 0 amide bonds. The molecule has 0 aliphatic carbocycles. The Hall–Kier alpha value is -6.35. The van der Waals surface area contributed by atoms with Crippen molar-refractivity contribution in [3.05, 3.63) is 191 Å². The maximum Gasteiger partial charge on any atom is 0.148 e. The predicted octanol–water partition coefficient (Wildman–Crippen LogP) is 18.4. The number of hydrogen-bond donors (Lipinski definition) is 1. The van der Waals surface area contributed by atoms with Crippen molar-refractivity contribution in [1.29, 1.82) is 0 Å². The van der Waals surface area contributed by atoms with Gasteiger partial charge in [-0.25, -0.2) is 4.98 Å². The molecular formula is C67H70N3OPt-. The van der Waals surface area contributed by atoms with Gasteiger partial charge in [-0.1, -0.05) is 209 Å². The van der Waals surface area contributed by atoms with E-state index in [9.17, 15) is 13.3 Å². The number of hydrogen-bond acceptors (Lipinski definition) is 3. The van der Waals surface area contributed by atoms with Crippen LogP contribution in [0, 0.1) is 12.9 Å². The molecule has 9 rings (SSSR count). The Kier molecular flexibility index (Phi) is 9.04. The summed E-state index contributed by atoms with van der Waals surface area (Å²) in [5.74, 6) is -0.00511. The van der Waals surface area contributed by atoms with Gasteiger partial charge in [0, 0.05) is 49.4 Å². The average molecular weight is 1150 g/mol. The summed E-state index contributed by atoms with van der Waals surface area (Å²) in [5, 5.41) is 12.5. The van der Waals surface area contributed by atoms with E-state index in [1.807, 2.05) is 64.1 Å². The van der Waals surface area contributed by atoms with E-state index in [2.05, 4.69) is 70.8 Å². The van der Waals surface area contributed by atoms with Gasteiger partial charge in [-0.15, -0.1) is 23.8 Å². The molecule has 72 heavy (non-hydrogen) atoms. The summed E-state index contributed by atoms with van der Waals surface area (Å²) in [6, 6.07) is 30.1. The number of phenols is 1. The van der Waals surface area contributed by atoms with E-state index in [1.54, 1.807) is 59.2 Å². The summed E-state index contributed by atoms with van der Waals surface area (Å²) in [6.07, 6.45) is -0.804. The summed E-state index contributed by atoms with van der Waals surface area (Å²) in [7, 11) is 0. The second-order valence-corrected chi connectivity index (χ2v) is 21.1. The normalized spacial score (nSPS) is 16.8. The van der Waals surface area contributed by atoms with Gasteiger partial charge in [0.15, 0.2) is 0 Å². The molecule has 0 aliphatic heterocycles. The van der Waals surface area contributed by atoms with Crippen LogP contribution in [-0.4, -0.2) is 19.6 Å². The maximum absolute atomic E-state index is 12.5. The van der Waals surface area contributed by atoms with E-state index in [4.69, 9.17) is 22.8 Å². The van der Waals surface area contributed by atoms with Crippen molar-refractivity contribution in [3.63, 3.8) is 0 Å². The number of nitrogens with zero attached hydrogens (tertiary/aromatic N) is 3. The van der Waals surface area contributed by atoms with Crippen LogP contribution in [0.4, 0.5) is 0 Å². The number of aromatic nitrogens is 3. The van der Waals surface area contributed by atoms with Crippen LogP contribution in [0.25, 0.3) is 83.9 Å². The van der Waals surface area contributed by atoms with Gasteiger partial charge in [0.05, 0.1) is 31.9 Å². The molecule has 9 aromatic rings. The monoisotopic (exact) mass is 1150 g/mol. The molecule has 2 heterocycles. The smallest absolute Gasteiger partial charge is 0.148 e. The molecule has 0 bridgehead atoms. The van der Waals surface area contributed by atoms with Crippen molar-refractivity contribution in [2.45, 2.75) is 125 Å². The third-order valence-corrected chi connectivity index (χ3v) is 13.0. The first-order valence-electron chi connectivity index (χ1n) is 33.4. The minimum Gasteiger partial charge on any atom is -0.507 e. The van der Waals surface area contributed by atoms with E-state index < -0.39 is 91.9 Å². The second-order valence-electron chi connectivity index (χ2n) is 21.1. The van der Waals surface area contributed by atoms with E-state index >= 15 is 0 Å². The minimum atomic E-state index is -3.96. The van der Waals surface area contributed by atoms with Crippen molar-refractivity contribution in [3.8, 4) is 78.6 Å². The van der Waals surface area contributed by atoms with Gasteiger partial charge >= 0.3 is 0 Å². The number of benzene rings is 7. The van der Waals surface area contributed by atoms with Crippen LogP contribution in [0.1, 0.15) is 161 Å². The summed E-state index contributed by atoms with van der Waals surface area (Å²) in [4.78, 5) is 9.78. The van der Waals surface area contributed by atoms with Crippen molar-refractivity contribution < 1.29 is 52.2 Å². The van der Waals surface area contributed by atoms with Gasteiger partial charge in [-0.3, -0.25) is 9.55 Å². The molecular weight excluding hydrogens is 1060 g/mol. The first kappa shape index (κ1) is 32.7. The largest absolute Gasteiger partial charge is 0.507 e. The van der Waals surface area contributed by atoms with Gasteiger partial charge in [0.1, 0.15) is 11.6 Å². The number of rotatable bonds is 9. The van der Waals surface area contributed by atoms with E-state index in [1.165, 1.54) is 0 Å². The molecule has 0 saturated heterocycles. The third kappa shape index (κ3) is 10.4. The van der Waals surface area contributed by atoms with E-state index in [0.29, 0.717) is 50.0 Å². The zero-order valence-electron chi connectivity index (χ0n) is 61.2. The van der Waals surface area contributed by atoms with Gasteiger partial charge in [-0.05, 0) is 126 Å². The molecule has 0 unspecified atom stereocenters. The Morgan fingerprint density at radius 1 is 0.597 bits per heavy atom. The van der Waals surface area contributed by atoms with E-state index in [-0.39, 0.29) is 77.8 Å². The Morgan fingerprint density at radius 3 is 1.92 bits per heavy atom.